The number of alkyl halides is 3. The second-order valence-electron chi connectivity index (χ2n) is 5.57. The summed E-state index contributed by atoms with van der Waals surface area (Å²) in [5.74, 6) is -2.54. The Morgan fingerprint density at radius 1 is 1.25 bits per heavy atom. The van der Waals surface area contributed by atoms with E-state index in [9.17, 15) is 22.8 Å². The molecule has 8 heteroatoms. The third kappa shape index (κ3) is 3.62. The molecule has 1 aliphatic rings. The molecule has 0 spiro atoms. The predicted molar refractivity (Wildman–Crippen MR) is 64.9 cm³/mol. The van der Waals surface area contributed by atoms with Crippen molar-refractivity contribution in [3.63, 3.8) is 0 Å². The minimum atomic E-state index is -4.89. The Morgan fingerprint density at radius 2 is 1.75 bits per heavy atom. The zero-order chi connectivity index (χ0) is 15.6. The van der Waals surface area contributed by atoms with E-state index in [2.05, 4.69) is 5.32 Å². The van der Waals surface area contributed by atoms with E-state index in [0.717, 1.165) is 6.42 Å². The molecule has 1 fully saturated rings. The molecule has 0 aromatic heterocycles. The van der Waals surface area contributed by atoms with Crippen LogP contribution in [0.1, 0.15) is 45.4 Å². The lowest BCUT2D eigenvalue weighted by Crippen LogP contribution is -2.65. The molecule has 20 heavy (non-hydrogen) atoms. The van der Waals surface area contributed by atoms with E-state index in [-0.39, 0.29) is 0 Å². The van der Waals surface area contributed by atoms with E-state index in [1.807, 2.05) is 0 Å². The van der Waals surface area contributed by atoms with Crippen molar-refractivity contribution in [2.75, 3.05) is 0 Å². The molecule has 1 rings (SSSR count). The van der Waals surface area contributed by atoms with Crippen LogP contribution in [0.2, 0.25) is 0 Å². The predicted octanol–water partition coefficient (Wildman–Crippen LogP) is 1.56. The topological polar surface area (TPSA) is 92.4 Å². The van der Waals surface area contributed by atoms with Crippen molar-refractivity contribution in [2.24, 2.45) is 5.73 Å². The van der Waals surface area contributed by atoms with Gasteiger partial charge in [0.05, 0.1) is 12.0 Å². The maximum absolute atomic E-state index is 12.7. The lowest BCUT2D eigenvalue weighted by atomic mass is 9.78. The van der Waals surface area contributed by atoms with Gasteiger partial charge in [0.2, 0.25) is 5.91 Å². The molecule has 0 heterocycles. The number of carboxylic acid groups (broad SMARTS) is 1. The molecule has 1 amide bonds. The van der Waals surface area contributed by atoms with Gasteiger partial charge in [0.1, 0.15) is 0 Å². The summed E-state index contributed by atoms with van der Waals surface area (Å²) in [6.07, 6.45) is -2.39. The van der Waals surface area contributed by atoms with Crippen LogP contribution in [0.15, 0.2) is 0 Å². The van der Waals surface area contributed by atoms with Gasteiger partial charge >= 0.3 is 12.1 Å². The summed E-state index contributed by atoms with van der Waals surface area (Å²) in [6.45, 7) is 0.583. The molecule has 0 aromatic rings. The average molecular weight is 296 g/mol. The number of carbonyl (C=O) groups is 2. The van der Waals surface area contributed by atoms with E-state index in [1.54, 1.807) is 0 Å². The third-order valence-electron chi connectivity index (χ3n) is 3.74. The molecule has 116 valence electrons. The van der Waals surface area contributed by atoms with Crippen LogP contribution in [-0.2, 0) is 9.59 Å². The normalized spacial score (nSPS) is 21.9. The summed E-state index contributed by atoms with van der Waals surface area (Å²) in [5.41, 5.74) is 0.896. The highest BCUT2D eigenvalue weighted by molar-refractivity contribution is 5.87. The van der Waals surface area contributed by atoms with Gasteiger partial charge in [-0.1, -0.05) is 19.3 Å². The Kier molecular flexibility index (Phi) is 4.68. The minimum Gasteiger partial charge on any atom is -0.481 e. The van der Waals surface area contributed by atoms with Crippen LogP contribution < -0.4 is 11.1 Å². The molecule has 0 radical (unpaired) electrons. The molecular weight excluding hydrogens is 277 g/mol. The zero-order valence-electron chi connectivity index (χ0n) is 11.2. The van der Waals surface area contributed by atoms with Gasteiger partial charge in [-0.2, -0.15) is 13.2 Å². The number of hydrogen-bond donors (Lipinski definition) is 3. The first-order valence-corrected chi connectivity index (χ1v) is 6.40. The van der Waals surface area contributed by atoms with Crippen LogP contribution in [0.3, 0.4) is 0 Å². The molecule has 0 aliphatic heterocycles. The van der Waals surface area contributed by atoms with Crippen LogP contribution in [0, 0.1) is 0 Å². The van der Waals surface area contributed by atoms with Gasteiger partial charge in [-0.3, -0.25) is 9.59 Å². The number of halogens is 3. The number of amides is 1. The second kappa shape index (κ2) is 5.59. The molecule has 0 saturated heterocycles. The molecule has 1 atom stereocenters. The van der Waals surface area contributed by atoms with Crippen LogP contribution in [0.25, 0.3) is 0 Å². The Bertz CT molecular complexity index is 388. The van der Waals surface area contributed by atoms with Crippen molar-refractivity contribution in [1.29, 1.82) is 0 Å². The van der Waals surface area contributed by atoms with E-state index in [0.29, 0.717) is 32.6 Å². The maximum Gasteiger partial charge on any atom is 0.415 e. The second-order valence-corrected chi connectivity index (χ2v) is 5.57. The smallest absolute Gasteiger partial charge is 0.415 e. The molecule has 4 N–H and O–H groups in total. The highest BCUT2D eigenvalue weighted by Crippen LogP contribution is 2.34. The summed E-state index contributed by atoms with van der Waals surface area (Å²) in [6, 6.07) is 0. The largest absolute Gasteiger partial charge is 0.481 e. The average Bonchev–Trinajstić information content (AvgIpc) is 2.27. The number of carboxylic acids is 1. The van der Waals surface area contributed by atoms with Gasteiger partial charge in [0, 0.05) is 0 Å². The Hall–Kier alpha value is -1.31. The number of aliphatic carboxylic acids is 1. The summed E-state index contributed by atoms with van der Waals surface area (Å²) < 4.78 is 38.2. The monoisotopic (exact) mass is 296 g/mol. The third-order valence-corrected chi connectivity index (χ3v) is 3.74. The van der Waals surface area contributed by atoms with Gasteiger partial charge in [0.15, 0.2) is 5.54 Å². The van der Waals surface area contributed by atoms with E-state index in [1.165, 1.54) is 0 Å². The Balaban J connectivity index is 2.90. The van der Waals surface area contributed by atoms with Crippen molar-refractivity contribution >= 4 is 11.9 Å². The summed E-state index contributed by atoms with van der Waals surface area (Å²) in [5, 5.41) is 11.1. The van der Waals surface area contributed by atoms with E-state index in [4.69, 9.17) is 10.8 Å². The standard InChI is InChI=1S/C12H19F3N2O3/c1-10(16,12(13,14)15)9(20)17-11(7-8(18)19)5-3-2-4-6-11/h2-7,16H2,1H3,(H,17,20)(H,18,19). The molecule has 1 saturated carbocycles. The molecule has 0 bridgehead atoms. The van der Waals surface area contributed by atoms with Crippen molar-refractivity contribution < 1.29 is 27.9 Å². The minimum absolute atomic E-state index is 0.346. The highest BCUT2D eigenvalue weighted by atomic mass is 19.4. The van der Waals surface area contributed by atoms with Gasteiger partial charge < -0.3 is 16.2 Å². The first-order chi connectivity index (χ1) is 9.00. The fourth-order valence-electron chi connectivity index (χ4n) is 2.36. The fourth-order valence-corrected chi connectivity index (χ4v) is 2.36. The van der Waals surface area contributed by atoms with Crippen LogP contribution in [-0.4, -0.2) is 34.2 Å². The lowest BCUT2D eigenvalue weighted by molar-refractivity contribution is -0.188. The maximum atomic E-state index is 12.7. The van der Waals surface area contributed by atoms with Crippen LogP contribution >= 0.6 is 0 Å². The lowest BCUT2D eigenvalue weighted by Gasteiger charge is -2.39. The zero-order valence-corrected chi connectivity index (χ0v) is 11.2. The number of hydrogen-bond acceptors (Lipinski definition) is 3. The van der Waals surface area contributed by atoms with Gasteiger partial charge in [-0.05, 0) is 19.8 Å². The van der Waals surface area contributed by atoms with Crippen molar-refractivity contribution in [3.05, 3.63) is 0 Å². The highest BCUT2D eigenvalue weighted by Gasteiger charge is 2.55. The molecule has 5 nitrogen and oxygen atoms in total. The van der Waals surface area contributed by atoms with E-state index >= 15 is 0 Å². The quantitative estimate of drug-likeness (QED) is 0.734. The van der Waals surface area contributed by atoms with Crippen LogP contribution in [0.4, 0.5) is 13.2 Å². The Morgan fingerprint density at radius 3 is 2.15 bits per heavy atom. The van der Waals surface area contributed by atoms with Crippen molar-refractivity contribution in [3.8, 4) is 0 Å². The number of nitrogens with two attached hydrogens (primary N) is 1. The first kappa shape index (κ1) is 16.7. The van der Waals surface area contributed by atoms with Gasteiger partial charge in [-0.15, -0.1) is 0 Å². The fraction of sp³-hybridized carbons (Fsp3) is 0.833. The summed E-state index contributed by atoms with van der Waals surface area (Å²) in [7, 11) is 0. The van der Waals surface area contributed by atoms with E-state index < -0.39 is 35.6 Å². The molecule has 0 aromatic carbocycles. The van der Waals surface area contributed by atoms with Gasteiger partial charge in [0.25, 0.3) is 0 Å². The summed E-state index contributed by atoms with van der Waals surface area (Å²) >= 11 is 0. The number of nitrogens with one attached hydrogen (secondary N) is 1. The first-order valence-electron chi connectivity index (χ1n) is 6.40. The summed E-state index contributed by atoms with van der Waals surface area (Å²) in [4.78, 5) is 22.7. The molecule has 1 aliphatic carbocycles. The SMILES string of the molecule is CC(N)(C(=O)NC1(CC(=O)O)CCCCC1)C(F)(F)F. The Labute approximate surface area is 114 Å². The van der Waals surface area contributed by atoms with Gasteiger partial charge in [-0.25, -0.2) is 0 Å². The van der Waals surface area contributed by atoms with Crippen LogP contribution in [0.5, 0.6) is 0 Å². The van der Waals surface area contributed by atoms with Crippen molar-refractivity contribution in [2.45, 2.75) is 62.7 Å². The molecule has 1 unspecified atom stereocenters. The molecular formula is C12H19F3N2O3. The number of carbonyl (C=O) groups excluding carboxylic acids is 1. The number of rotatable bonds is 4. The van der Waals surface area contributed by atoms with Crippen molar-refractivity contribution in [1.82, 2.24) is 5.32 Å².